The molecular weight excluding hydrogens is 290 g/mol. The molecule has 0 radical (unpaired) electrons. The van der Waals surface area contributed by atoms with Crippen LogP contribution in [0, 0.1) is 0 Å². The zero-order valence-corrected chi connectivity index (χ0v) is 12.6. The second kappa shape index (κ2) is 5.75. The van der Waals surface area contributed by atoms with Crippen molar-refractivity contribution < 1.29 is 13.8 Å². The van der Waals surface area contributed by atoms with Crippen LogP contribution in [0.5, 0.6) is 11.5 Å². The maximum absolute atomic E-state index is 10.9. The maximum atomic E-state index is 10.9. The Hall–Kier alpha value is -1.69. The van der Waals surface area contributed by atoms with Crippen molar-refractivity contribution in [2.24, 2.45) is 0 Å². The van der Waals surface area contributed by atoms with E-state index in [-0.39, 0.29) is 8.46 Å². The van der Waals surface area contributed by atoms with Gasteiger partial charge in [-0.05, 0) is 41.5 Å². The van der Waals surface area contributed by atoms with E-state index in [0.29, 0.717) is 6.61 Å². The van der Waals surface area contributed by atoms with Crippen molar-refractivity contribution >= 4 is 34.9 Å². The average Bonchev–Trinajstić information content (AvgIpc) is 2.54. The van der Waals surface area contributed by atoms with Crippen LogP contribution in [0.1, 0.15) is 11.1 Å². The smallest absolute Gasteiger partial charge is 0.192 e. The lowest BCUT2D eigenvalue weighted by atomic mass is 10.0. The van der Waals surface area contributed by atoms with E-state index in [4.69, 9.17) is 9.26 Å². The van der Waals surface area contributed by atoms with Crippen molar-refractivity contribution in [3.63, 3.8) is 0 Å². The van der Waals surface area contributed by atoms with E-state index in [9.17, 15) is 4.57 Å². The lowest BCUT2D eigenvalue weighted by Gasteiger charge is -2.18. The summed E-state index contributed by atoms with van der Waals surface area (Å²) in [5, 5.41) is 0.725. The molecule has 1 heterocycles. The van der Waals surface area contributed by atoms with Crippen molar-refractivity contribution in [2.75, 3.05) is 6.61 Å². The summed E-state index contributed by atoms with van der Waals surface area (Å²) in [5.74, 6) is 1.58. The minimum Gasteiger partial charge on any atom is -0.488 e. The predicted octanol–water partition coefficient (Wildman–Crippen LogP) is 3.71. The molecule has 0 aliphatic carbocycles. The van der Waals surface area contributed by atoms with Gasteiger partial charge in [-0.2, -0.15) is 0 Å². The molecule has 1 aliphatic rings. The molecule has 0 bridgehead atoms. The van der Waals surface area contributed by atoms with Gasteiger partial charge < -0.3 is 9.26 Å². The van der Waals surface area contributed by atoms with Crippen molar-refractivity contribution in [3.8, 4) is 11.5 Å². The minimum atomic E-state index is 0.0131. The van der Waals surface area contributed by atoms with Crippen LogP contribution in [0.4, 0.5) is 0 Å². The van der Waals surface area contributed by atoms with Crippen LogP contribution in [0.2, 0.25) is 0 Å². The number of benzene rings is 2. The van der Waals surface area contributed by atoms with Crippen molar-refractivity contribution in [3.05, 3.63) is 53.6 Å². The van der Waals surface area contributed by atoms with Gasteiger partial charge in [-0.1, -0.05) is 18.2 Å². The third kappa shape index (κ3) is 2.60. The summed E-state index contributed by atoms with van der Waals surface area (Å²) in [6.07, 6.45) is 2.10. The highest BCUT2D eigenvalue weighted by atomic mass is 31.1. The number of fused-ring (bicyclic) bond motifs is 1. The zero-order valence-electron chi connectivity index (χ0n) is 10.6. The summed E-state index contributed by atoms with van der Waals surface area (Å²) in [6, 6.07) is 13.4. The Morgan fingerprint density at radius 2 is 1.95 bits per heavy atom. The molecule has 0 saturated heterocycles. The second-order valence-corrected chi connectivity index (χ2v) is 5.35. The Bertz CT molecular complexity index is 678. The fourth-order valence-corrected chi connectivity index (χ4v) is 2.59. The zero-order chi connectivity index (χ0) is 13.9. The van der Waals surface area contributed by atoms with Crippen molar-refractivity contribution in [1.29, 1.82) is 0 Å². The van der Waals surface area contributed by atoms with Gasteiger partial charge in [-0.15, -0.1) is 0 Å². The molecule has 2 aromatic carbocycles. The third-order valence-corrected chi connectivity index (χ3v) is 3.94. The van der Waals surface area contributed by atoms with Gasteiger partial charge in [-0.25, -0.2) is 0 Å². The van der Waals surface area contributed by atoms with E-state index >= 15 is 0 Å². The summed E-state index contributed by atoms with van der Waals surface area (Å²) in [6.45, 7) is 0.507. The molecule has 20 heavy (non-hydrogen) atoms. The van der Waals surface area contributed by atoms with Crippen LogP contribution in [-0.4, -0.2) is 6.61 Å². The Morgan fingerprint density at radius 1 is 1.15 bits per heavy atom. The second-order valence-electron chi connectivity index (χ2n) is 4.41. The van der Waals surface area contributed by atoms with Crippen LogP contribution in [0.25, 0.3) is 11.6 Å². The van der Waals surface area contributed by atoms with Gasteiger partial charge in [-0.3, -0.25) is 4.57 Å². The molecule has 100 valence electrons. The quantitative estimate of drug-likeness (QED) is 0.811. The van der Waals surface area contributed by atoms with E-state index in [0.717, 1.165) is 33.5 Å². The number of hydrogen-bond donors (Lipinski definition) is 0. The highest BCUT2D eigenvalue weighted by Gasteiger charge is 2.13. The summed E-state index contributed by atoms with van der Waals surface area (Å²) >= 11 is 0. The molecule has 0 saturated carbocycles. The lowest BCUT2D eigenvalue weighted by molar-refractivity contribution is 0.366. The van der Waals surface area contributed by atoms with Crippen LogP contribution >= 0.6 is 17.9 Å². The Labute approximate surface area is 121 Å². The minimum absolute atomic E-state index is 0.0131. The molecule has 1 atom stereocenters. The fraction of sp³-hybridized carbons (Fsp3) is 0.0667. The molecule has 0 fully saturated rings. The molecule has 2 aromatic rings. The van der Waals surface area contributed by atoms with E-state index < -0.39 is 0 Å². The van der Waals surface area contributed by atoms with E-state index in [1.165, 1.54) is 0 Å². The number of ether oxygens (including phenoxy) is 1. The first-order chi connectivity index (χ1) is 9.80. The van der Waals surface area contributed by atoms with Gasteiger partial charge in [0.05, 0.1) is 9.47 Å². The van der Waals surface area contributed by atoms with Crippen LogP contribution in [0.3, 0.4) is 0 Å². The summed E-state index contributed by atoms with van der Waals surface area (Å²) in [7, 11) is 2.24. The Morgan fingerprint density at radius 3 is 2.65 bits per heavy atom. The topological polar surface area (TPSA) is 35.5 Å². The molecule has 0 amide bonds. The first-order valence-electron chi connectivity index (χ1n) is 6.08. The summed E-state index contributed by atoms with van der Waals surface area (Å²) in [4.78, 5) is 0. The van der Waals surface area contributed by atoms with Gasteiger partial charge in [0, 0.05) is 10.9 Å². The maximum Gasteiger partial charge on any atom is 0.192 e. The van der Waals surface area contributed by atoms with Crippen LogP contribution < -0.4 is 14.6 Å². The van der Waals surface area contributed by atoms with Gasteiger partial charge in [0.2, 0.25) is 0 Å². The highest BCUT2D eigenvalue weighted by Crippen LogP contribution is 2.31. The molecule has 0 spiro atoms. The number of rotatable bonds is 3. The first kappa shape index (κ1) is 13.3. The third-order valence-electron chi connectivity index (χ3n) is 3.18. The standard InChI is InChI=1S/C15H12O3P2/c16-20-14-6-3-11-7-12(9-17-15(11)8-14)10-1-4-13(18-19)5-2-10/h1-8H,9,19H2. The van der Waals surface area contributed by atoms with Gasteiger partial charge in [0.15, 0.2) is 8.46 Å². The molecular formula is C15H12O3P2. The average molecular weight is 302 g/mol. The molecule has 5 heteroatoms. The van der Waals surface area contributed by atoms with Gasteiger partial charge in [0.25, 0.3) is 0 Å². The summed E-state index contributed by atoms with van der Waals surface area (Å²) in [5.41, 5.74) is 3.22. The Kier molecular flexibility index (Phi) is 3.82. The predicted molar refractivity (Wildman–Crippen MR) is 83.8 cm³/mol. The molecule has 3 nitrogen and oxygen atoms in total. The molecule has 1 aliphatic heterocycles. The van der Waals surface area contributed by atoms with E-state index in [1.54, 1.807) is 0 Å². The largest absolute Gasteiger partial charge is 0.488 e. The first-order valence-corrected chi connectivity index (χ1v) is 7.36. The highest BCUT2D eigenvalue weighted by molar-refractivity contribution is 7.34. The fourth-order valence-electron chi connectivity index (χ4n) is 2.12. The molecule has 1 unspecified atom stereocenters. The molecule has 0 N–H and O–H groups in total. The summed E-state index contributed by atoms with van der Waals surface area (Å²) < 4.78 is 21.7. The van der Waals surface area contributed by atoms with Crippen molar-refractivity contribution in [2.45, 2.75) is 0 Å². The van der Waals surface area contributed by atoms with Gasteiger partial charge in [0.1, 0.15) is 18.1 Å². The van der Waals surface area contributed by atoms with Gasteiger partial charge >= 0.3 is 0 Å². The lowest BCUT2D eigenvalue weighted by Crippen LogP contribution is -2.08. The number of hydrogen-bond acceptors (Lipinski definition) is 3. The Balaban J connectivity index is 1.94. The van der Waals surface area contributed by atoms with Crippen molar-refractivity contribution in [1.82, 2.24) is 0 Å². The SMILES string of the molecule is O=Pc1ccc2c(c1)OCC(c1ccc(OP)cc1)=C2. The normalized spacial score (nSPS) is 13.3. The van der Waals surface area contributed by atoms with Crippen LogP contribution in [0.15, 0.2) is 42.5 Å². The molecule has 0 aromatic heterocycles. The van der Waals surface area contributed by atoms with E-state index in [1.807, 2.05) is 42.5 Å². The van der Waals surface area contributed by atoms with E-state index in [2.05, 4.69) is 15.5 Å². The van der Waals surface area contributed by atoms with Crippen LogP contribution in [-0.2, 0) is 4.57 Å². The monoisotopic (exact) mass is 302 g/mol. The molecule has 3 rings (SSSR count).